The van der Waals surface area contributed by atoms with Crippen LogP contribution in [0.25, 0.3) is 0 Å². The Labute approximate surface area is 94.2 Å². The summed E-state index contributed by atoms with van der Waals surface area (Å²) in [4.78, 5) is 2.56. The van der Waals surface area contributed by atoms with Crippen LogP contribution in [0, 0.1) is 5.92 Å². The van der Waals surface area contributed by atoms with E-state index in [4.69, 9.17) is 4.74 Å². The summed E-state index contributed by atoms with van der Waals surface area (Å²) in [6, 6.07) is 1.12. The highest BCUT2D eigenvalue weighted by Gasteiger charge is 2.23. The van der Waals surface area contributed by atoms with Crippen molar-refractivity contribution in [3.05, 3.63) is 0 Å². The molecule has 1 heterocycles. The monoisotopic (exact) mass is 214 g/mol. The fourth-order valence-electron chi connectivity index (χ4n) is 1.96. The smallest absolute Gasteiger partial charge is 0.0634 e. The van der Waals surface area contributed by atoms with E-state index in [9.17, 15) is 0 Å². The molecule has 1 saturated heterocycles. The van der Waals surface area contributed by atoms with Crippen molar-refractivity contribution in [3.63, 3.8) is 0 Å². The minimum absolute atomic E-state index is 0.559. The van der Waals surface area contributed by atoms with Gasteiger partial charge in [-0.1, -0.05) is 27.7 Å². The highest BCUT2D eigenvalue weighted by Crippen LogP contribution is 2.09. The Kier molecular flexibility index (Phi) is 5.58. The van der Waals surface area contributed by atoms with E-state index in [1.807, 2.05) is 0 Å². The highest BCUT2D eigenvalue weighted by molar-refractivity contribution is 4.78. The molecule has 3 heteroatoms. The molecule has 0 spiro atoms. The summed E-state index contributed by atoms with van der Waals surface area (Å²) in [5.41, 5.74) is 0. The zero-order valence-corrected chi connectivity index (χ0v) is 10.6. The molecule has 0 aliphatic carbocycles. The first-order chi connectivity index (χ1) is 7.09. The van der Waals surface area contributed by atoms with Crippen LogP contribution < -0.4 is 5.32 Å². The molecular formula is C12H26N2O. The Morgan fingerprint density at radius 2 is 2.07 bits per heavy atom. The molecule has 0 amide bonds. The molecule has 0 aromatic carbocycles. The van der Waals surface area contributed by atoms with Gasteiger partial charge in [-0.2, -0.15) is 0 Å². The number of rotatable bonds is 5. The lowest BCUT2D eigenvalue weighted by molar-refractivity contribution is -0.0121. The molecule has 0 aromatic heterocycles. The second-order valence-electron chi connectivity index (χ2n) is 5.18. The van der Waals surface area contributed by atoms with Gasteiger partial charge in [-0.3, -0.25) is 4.90 Å². The van der Waals surface area contributed by atoms with E-state index in [-0.39, 0.29) is 0 Å². The molecule has 1 aliphatic rings. The fourth-order valence-corrected chi connectivity index (χ4v) is 1.96. The van der Waals surface area contributed by atoms with E-state index in [0.29, 0.717) is 12.1 Å². The van der Waals surface area contributed by atoms with Gasteiger partial charge in [0.15, 0.2) is 0 Å². The maximum Gasteiger partial charge on any atom is 0.0634 e. The third-order valence-corrected chi connectivity index (χ3v) is 2.71. The third kappa shape index (κ3) is 4.96. The topological polar surface area (TPSA) is 24.5 Å². The van der Waals surface area contributed by atoms with Crippen molar-refractivity contribution in [2.45, 2.75) is 39.8 Å². The maximum absolute atomic E-state index is 5.54. The van der Waals surface area contributed by atoms with E-state index in [1.54, 1.807) is 0 Å². The number of ether oxygens (including phenoxy) is 1. The Hall–Kier alpha value is -0.120. The number of nitrogens with zero attached hydrogens (tertiary/aromatic N) is 1. The van der Waals surface area contributed by atoms with Gasteiger partial charge >= 0.3 is 0 Å². The molecule has 0 radical (unpaired) electrons. The van der Waals surface area contributed by atoms with Crippen molar-refractivity contribution in [2.24, 2.45) is 5.92 Å². The molecule has 1 rings (SSSR count). The minimum Gasteiger partial charge on any atom is -0.378 e. The van der Waals surface area contributed by atoms with Crippen LogP contribution in [0.15, 0.2) is 0 Å². The molecule has 1 unspecified atom stereocenters. The van der Waals surface area contributed by atoms with Crippen LogP contribution in [0.3, 0.4) is 0 Å². The molecule has 0 saturated carbocycles. The van der Waals surface area contributed by atoms with Crippen molar-refractivity contribution < 1.29 is 4.74 Å². The second-order valence-corrected chi connectivity index (χ2v) is 5.18. The predicted molar refractivity (Wildman–Crippen MR) is 64.2 cm³/mol. The first-order valence-corrected chi connectivity index (χ1v) is 6.14. The van der Waals surface area contributed by atoms with Crippen molar-refractivity contribution in [1.29, 1.82) is 0 Å². The normalized spacial score (nSPS) is 24.0. The number of nitrogens with one attached hydrogen (secondary N) is 1. The van der Waals surface area contributed by atoms with Crippen LogP contribution in [-0.2, 0) is 4.74 Å². The first kappa shape index (κ1) is 12.9. The van der Waals surface area contributed by atoms with E-state index in [2.05, 4.69) is 37.9 Å². The first-order valence-electron chi connectivity index (χ1n) is 6.14. The van der Waals surface area contributed by atoms with Gasteiger partial charge < -0.3 is 10.1 Å². The zero-order valence-electron chi connectivity index (χ0n) is 10.6. The molecule has 0 bridgehead atoms. The van der Waals surface area contributed by atoms with Crippen molar-refractivity contribution in [3.8, 4) is 0 Å². The zero-order chi connectivity index (χ0) is 11.3. The maximum atomic E-state index is 5.54. The lowest BCUT2D eigenvalue weighted by atomic mass is 10.1. The van der Waals surface area contributed by atoms with Crippen LogP contribution in [0.1, 0.15) is 27.7 Å². The Bertz CT molecular complexity index is 171. The largest absolute Gasteiger partial charge is 0.378 e. The number of morpholine rings is 1. The summed E-state index contributed by atoms with van der Waals surface area (Å²) in [5.74, 6) is 0.740. The van der Waals surface area contributed by atoms with Crippen LogP contribution in [0.4, 0.5) is 0 Å². The molecule has 0 aromatic rings. The van der Waals surface area contributed by atoms with E-state index in [1.165, 1.54) is 6.54 Å². The summed E-state index contributed by atoms with van der Waals surface area (Å²) in [7, 11) is 0. The molecule has 1 atom stereocenters. The van der Waals surface area contributed by atoms with Gasteiger partial charge in [0.05, 0.1) is 13.2 Å². The summed E-state index contributed by atoms with van der Waals surface area (Å²) in [6.07, 6.45) is 0. The number of hydrogen-bond acceptors (Lipinski definition) is 3. The lowest BCUT2D eigenvalue weighted by Crippen LogP contribution is -2.52. The lowest BCUT2D eigenvalue weighted by Gasteiger charge is -2.37. The third-order valence-electron chi connectivity index (χ3n) is 2.71. The van der Waals surface area contributed by atoms with Crippen molar-refractivity contribution in [2.75, 3.05) is 32.8 Å². The van der Waals surface area contributed by atoms with Crippen LogP contribution in [0.5, 0.6) is 0 Å². The second kappa shape index (κ2) is 6.46. The molecule has 1 fully saturated rings. The summed E-state index contributed by atoms with van der Waals surface area (Å²) >= 11 is 0. The van der Waals surface area contributed by atoms with Gasteiger partial charge in [0.1, 0.15) is 0 Å². The van der Waals surface area contributed by atoms with E-state index >= 15 is 0 Å². The molecule has 15 heavy (non-hydrogen) atoms. The minimum atomic E-state index is 0.559. The van der Waals surface area contributed by atoms with Gasteiger partial charge in [-0.25, -0.2) is 0 Å². The fraction of sp³-hybridized carbons (Fsp3) is 1.00. The van der Waals surface area contributed by atoms with Gasteiger partial charge in [-0.15, -0.1) is 0 Å². The summed E-state index contributed by atoms with van der Waals surface area (Å²) < 4.78 is 5.54. The quantitative estimate of drug-likeness (QED) is 0.747. The van der Waals surface area contributed by atoms with Gasteiger partial charge in [-0.05, 0) is 5.92 Å². The molecule has 1 aliphatic heterocycles. The van der Waals surface area contributed by atoms with Gasteiger partial charge in [0, 0.05) is 31.7 Å². The van der Waals surface area contributed by atoms with Crippen LogP contribution >= 0.6 is 0 Å². The highest BCUT2D eigenvalue weighted by atomic mass is 16.5. The van der Waals surface area contributed by atoms with Gasteiger partial charge in [0.25, 0.3) is 0 Å². The summed E-state index contributed by atoms with van der Waals surface area (Å²) in [6.45, 7) is 14.0. The van der Waals surface area contributed by atoms with Crippen LogP contribution in [-0.4, -0.2) is 49.8 Å². The van der Waals surface area contributed by atoms with E-state index in [0.717, 1.165) is 32.2 Å². The van der Waals surface area contributed by atoms with E-state index < -0.39 is 0 Å². The van der Waals surface area contributed by atoms with Crippen molar-refractivity contribution in [1.82, 2.24) is 10.2 Å². The van der Waals surface area contributed by atoms with Crippen molar-refractivity contribution >= 4 is 0 Å². The average Bonchev–Trinajstić information content (AvgIpc) is 2.15. The Morgan fingerprint density at radius 1 is 1.33 bits per heavy atom. The predicted octanol–water partition coefficient (Wildman–Crippen LogP) is 1.34. The molecule has 90 valence electrons. The molecule has 1 N–H and O–H groups in total. The van der Waals surface area contributed by atoms with Crippen LogP contribution in [0.2, 0.25) is 0 Å². The molecule has 3 nitrogen and oxygen atoms in total. The SMILES string of the molecule is CC(C)CN1CCOCC1CNC(C)C. The average molecular weight is 214 g/mol. The van der Waals surface area contributed by atoms with Gasteiger partial charge in [0.2, 0.25) is 0 Å². The summed E-state index contributed by atoms with van der Waals surface area (Å²) in [5, 5.41) is 3.50. The Balaban J connectivity index is 2.35. The molecular weight excluding hydrogens is 188 g/mol. The Morgan fingerprint density at radius 3 is 2.67 bits per heavy atom. The number of hydrogen-bond donors (Lipinski definition) is 1. The standard InChI is InChI=1S/C12H26N2O/c1-10(2)8-14-5-6-15-9-12(14)7-13-11(3)4/h10-13H,5-9H2,1-4H3.